The molecule has 3 aromatic rings. The Balaban J connectivity index is 1.30. The minimum absolute atomic E-state index is 0.0662. The van der Waals surface area contributed by atoms with Crippen LogP contribution in [0.3, 0.4) is 0 Å². The molecular formula is C25H20Cl2FN3O3. The van der Waals surface area contributed by atoms with Crippen LogP contribution in [-0.2, 0) is 16.2 Å². The van der Waals surface area contributed by atoms with Crippen molar-refractivity contribution in [3.05, 3.63) is 93.7 Å². The number of amides is 2. The van der Waals surface area contributed by atoms with E-state index in [4.69, 9.17) is 27.9 Å². The van der Waals surface area contributed by atoms with Crippen molar-refractivity contribution in [3.63, 3.8) is 0 Å². The van der Waals surface area contributed by atoms with E-state index in [1.54, 1.807) is 18.2 Å². The van der Waals surface area contributed by atoms with Crippen molar-refractivity contribution >= 4 is 46.9 Å². The number of hydrogen-bond donors (Lipinski definition) is 1. The monoisotopic (exact) mass is 499 g/mol. The summed E-state index contributed by atoms with van der Waals surface area (Å²) in [6, 6.07) is 18.1. The Morgan fingerprint density at radius 3 is 2.68 bits per heavy atom. The van der Waals surface area contributed by atoms with E-state index in [9.17, 15) is 14.0 Å². The molecule has 1 saturated heterocycles. The molecule has 1 atom stereocenters. The predicted octanol–water partition coefficient (Wildman–Crippen LogP) is 5.21. The quantitative estimate of drug-likeness (QED) is 0.358. The van der Waals surface area contributed by atoms with Gasteiger partial charge in [-0.3, -0.25) is 9.59 Å². The Labute approximate surface area is 205 Å². The van der Waals surface area contributed by atoms with E-state index in [2.05, 4.69) is 10.5 Å². The molecule has 0 aliphatic carbocycles. The van der Waals surface area contributed by atoms with Gasteiger partial charge in [0.1, 0.15) is 18.2 Å². The largest absolute Gasteiger partial charge is 0.489 e. The van der Waals surface area contributed by atoms with Gasteiger partial charge in [-0.15, -0.1) is 0 Å². The van der Waals surface area contributed by atoms with E-state index in [1.807, 2.05) is 24.3 Å². The standard InChI is InChI=1S/C25H20Cl2FN3O3/c26-22-9-4-17(11-23(22)27)15-34-21-3-1-2-16(10-21)13-29-30-25(33)18-12-24(32)31(14-18)20-7-5-19(28)6-8-20/h1-11,13,18H,12,14-15H2,(H,30,33)/b29-13-/t18-/m0/s1. The van der Waals surface area contributed by atoms with Crippen LogP contribution in [-0.4, -0.2) is 24.6 Å². The van der Waals surface area contributed by atoms with Gasteiger partial charge >= 0.3 is 0 Å². The average molecular weight is 500 g/mol. The molecule has 1 aliphatic heterocycles. The fourth-order valence-electron chi connectivity index (χ4n) is 3.50. The van der Waals surface area contributed by atoms with E-state index in [-0.39, 0.29) is 30.6 Å². The van der Waals surface area contributed by atoms with Gasteiger partial charge in [-0.1, -0.05) is 41.4 Å². The summed E-state index contributed by atoms with van der Waals surface area (Å²) in [5.74, 6) is -0.861. The van der Waals surface area contributed by atoms with Crippen LogP contribution in [0, 0.1) is 11.7 Å². The molecule has 0 unspecified atom stereocenters. The van der Waals surface area contributed by atoms with Crippen molar-refractivity contribution in [2.24, 2.45) is 11.0 Å². The maximum atomic E-state index is 13.1. The first kappa shape index (κ1) is 23.7. The molecule has 174 valence electrons. The number of carbonyl (C=O) groups excluding carboxylic acids is 2. The number of halogens is 3. The van der Waals surface area contributed by atoms with Crippen LogP contribution in [0.5, 0.6) is 5.75 Å². The Kier molecular flexibility index (Phi) is 7.45. The van der Waals surface area contributed by atoms with Crippen LogP contribution in [0.2, 0.25) is 10.0 Å². The van der Waals surface area contributed by atoms with Gasteiger partial charge in [0.25, 0.3) is 0 Å². The number of anilines is 1. The fourth-order valence-corrected chi connectivity index (χ4v) is 3.82. The molecule has 0 bridgehead atoms. The molecule has 2 amide bonds. The third-order valence-electron chi connectivity index (χ3n) is 5.27. The topological polar surface area (TPSA) is 71.0 Å². The lowest BCUT2D eigenvalue weighted by atomic mass is 10.1. The van der Waals surface area contributed by atoms with Crippen molar-refractivity contribution in [1.29, 1.82) is 0 Å². The van der Waals surface area contributed by atoms with E-state index in [0.717, 1.165) is 11.1 Å². The van der Waals surface area contributed by atoms with Crippen molar-refractivity contribution in [2.45, 2.75) is 13.0 Å². The summed E-state index contributed by atoms with van der Waals surface area (Å²) in [7, 11) is 0. The fraction of sp³-hybridized carbons (Fsp3) is 0.160. The molecule has 0 aromatic heterocycles. The highest BCUT2D eigenvalue weighted by atomic mass is 35.5. The highest BCUT2D eigenvalue weighted by Gasteiger charge is 2.35. The molecule has 0 spiro atoms. The normalized spacial score (nSPS) is 15.7. The van der Waals surface area contributed by atoms with Crippen LogP contribution >= 0.6 is 23.2 Å². The summed E-state index contributed by atoms with van der Waals surface area (Å²) in [5, 5.41) is 4.95. The van der Waals surface area contributed by atoms with Crippen LogP contribution in [0.4, 0.5) is 10.1 Å². The van der Waals surface area contributed by atoms with E-state index in [0.29, 0.717) is 28.1 Å². The molecule has 1 aliphatic rings. The molecule has 0 saturated carbocycles. The van der Waals surface area contributed by atoms with Gasteiger partial charge in [-0.05, 0) is 59.7 Å². The van der Waals surface area contributed by atoms with Gasteiger partial charge in [-0.2, -0.15) is 5.10 Å². The maximum absolute atomic E-state index is 13.1. The highest BCUT2D eigenvalue weighted by molar-refractivity contribution is 6.42. The van der Waals surface area contributed by atoms with Crippen molar-refractivity contribution in [2.75, 3.05) is 11.4 Å². The second kappa shape index (κ2) is 10.7. The van der Waals surface area contributed by atoms with Crippen molar-refractivity contribution in [1.82, 2.24) is 5.43 Å². The Hall–Kier alpha value is -3.42. The molecular weight excluding hydrogens is 480 g/mol. The van der Waals surface area contributed by atoms with Crippen molar-refractivity contribution < 1.29 is 18.7 Å². The Morgan fingerprint density at radius 1 is 1.12 bits per heavy atom. The molecule has 6 nitrogen and oxygen atoms in total. The van der Waals surface area contributed by atoms with E-state index < -0.39 is 5.92 Å². The molecule has 3 aromatic carbocycles. The smallest absolute Gasteiger partial charge is 0.245 e. The SMILES string of the molecule is O=C(N/N=C\c1cccc(OCc2ccc(Cl)c(Cl)c2)c1)[C@H]1CC(=O)N(c2ccc(F)cc2)C1. The van der Waals surface area contributed by atoms with Crippen LogP contribution in [0.1, 0.15) is 17.5 Å². The van der Waals surface area contributed by atoms with Crippen molar-refractivity contribution in [3.8, 4) is 5.75 Å². The minimum Gasteiger partial charge on any atom is -0.489 e. The van der Waals surface area contributed by atoms with Gasteiger partial charge in [-0.25, -0.2) is 9.82 Å². The lowest BCUT2D eigenvalue weighted by molar-refractivity contribution is -0.126. The third-order valence-corrected chi connectivity index (χ3v) is 6.01. The van der Waals surface area contributed by atoms with E-state index >= 15 is 0 Å². The highest BCUT2D eigenvalue weighted by Crippen LogP contribution is 2.26. The Bertz CT molecular complexity index is 1230. The summed E-state index contributed by atoms with van der Waals surface area (Å²) in [6.07, 6.45) is 1.56. The number of carbonyl (C=O) groups is 2. The molecule has 4 rings (SSSR count). The number of benzene rings is 3. The summed E-state index contributed by atoms with van der Waals surface area (Å²) < 4.78 is 18.9. The number of ether oxygens (including phenoxy) is 1. The van der Waals surface area contributed by atoms with Gasteiger partial charge in [0.15, 0.2) is 0 Å². The zero-order valence-electron chi connectivity index (χ0n) is 17.9. The molecule has 0 radical (unpaired) electrons. The van der Waals surface area contributed by atoms with E-state index in [1.165, 1.54) is 35.4 Å². The third kappa shape index (κ3) is 5.92. The number of hydrogen-bond acceptors (Lipinski definition) is 4. The zero-order valence-corrected chi connectivity index (χ0v) is 19.4. The van der Waals surface area contributed by atoms with Crippen LogP contribution in [0.25, 0.3) is 0 Å². The molecule has 1 heterocycles. The first-order valence-electron chi connectivity index (χ1n) is 10.4. The maximum Gasteiger partial charge on any atom is 0.245 e. The first-order chi connectivity index (χ1) is 16.4. The summed E-state index contributed by atoms with van der Waals surface area (Å²) in [5.41, 5.74) is 4.65. The number of rotatable bonds is 7. The number of nitrogens with zero attached hydrogens (tertiary/aromatic N) is 2. The average Bonchev–Trinajstić information content (AvgIpc) is 3.22. The number of hydrazone groups is 1. The van der Waals surface area contributed by atoms with Gasteiger partial charge in [0.05, 0.1) is 22.2 Å². The Morgan fingerprint density at radius 2 is 1.91 bits per heavy atom. The lowest BCUT2D eigenvalue weighted by Crippen LogP contribution is -2.30. The lowest BCUT2D eigenvalue weighted by Gasteiger charge is -2.16. The first-order valence-corrected chi connectivity index (χ1v) is 11.2. The summed E-state index contributed by atoms with van der Waals surface area (Å²) >= 11 is 12.0. The molecule has 1 N–H and O–H groups in total. The summed E-state index contributed by atoms with van der Waals surface area (Å²) in [4.78, 5) is 26.2. The number of nitrogens with one attached hydrogen (secondary N) is 1. The van der Waals surface area contributed by atoms with Gasteiger partial charge in [0.2, 0.25) is 11.8 Å². The van der Waals surface area contributed by atoms with Gasteiger partial charge < -0.3 is 9.64 Å². The van der Waals surface area contributed by atoms with Crippen LogP contribution < -0.4 is 15.1 Å². The molecule has 9 heteroatoms. The predicted molar refractivity (Wildman–Crippen MR) is 130 cm³/mol. The second-order valence-corrected chi connectivity index (χ2v) is 8.54. The molecule has 34 heavy (non-hydrogen) atoms. The van der Waals surface area contributed by atoms with Crippen LogP contribution in [0.15, 0.2) is 71.8 Å². The zero-order chi connectivity index (χ0) is 24.1. The second-order valence-electron chi connectivity index (χ2n) is 7.73. The van der Waals surface area contributed by atoms with Gasteiger partial charge in [0, 0.05) is 18.7 Å². The molecule has 1 fully saturated rings. The minimum atomic E-state index is -0.546. The summed E-state index contributed by atoms with van der Waals surface area (Å²) in [6.45, 7) is 0.526.